The van der Waals surface area contributed by atoms with Crippen LogP contribution in [0, 0.1) is 11.8 Å². The summed E-state index contributed by atoms with van der Waals surface area (Å²) in [7, 11) is 0.585. The number of phenolic OH excluding ortho intramolecular Hbond substituents is 1. The summed E-state index contributed by atoms with van der Waals surface area (Å²) in [5, 5.41) is 12.0. The molecule has 0 radical (unpaired) electrons. The molecule has 0 saturated carbocycles. The molecule has 3 aromatic rings. The molecule has 0 unspecified atom stereocenters. The fourth-order valence-corrected chi connectivity index (χ4v) is 4.35. The minimum atomic E-state index is -3.78. The first-order chi connectivity index (χ1) is 14.2. The largest absolute Gasteiger partial charge is 0.508 e. The van der Waals surface area contributed by atoms with Crippen molar-refractivity contribution in [3.8, 4) is 17.6 Å². The highest BCUT2D eigenvalue weighted by molar-refractivity contribution is 7.91. The van der Waals surface area contributed by atoms with Gasteiger partial charge in [0.05, 0.1) is 12.3 Å². The number of imidazole rings is 1. The predicted molar refractivity (Wildman–Crippen MR) is 111 cm³/mol. The van der Waals surface area contributed by atoms with Gasteiger partial charge in [-0.3, -0.25) is 13.9 Å². The number of benzene rings is 1. The van der Waals surface area contributed by atoms with Gasteiger partial charge in [0, 0.05) is 26.2 Å². The summed E-state index contributed by atoms with van der Waals surface area (Å²) >= 11 is 0. The van der Waals surface area contributed by atoms with E-state index in [9.17, 15) is 23.1 Å². The smallest absolute Gasteiger partial charge is 0.333 e. The normalized spacial score (nSPS) is 11.4. The molecule has 0 aliphatic heterocycles. The molecule has 158 valence electrons. The number of sulfone groups is 1. The Balaban J connectivity index is 2.17. The number of phenols is 1. The van der Waals surface area contributed by atoms with E-state index in [1.807, 2.05) is 0 Å². The van der Waals surface area contributed by atoms with Crippen molar-refractivity contribution >= 4 is 21.0 Å². The highest BCUT2D eigenvalue weighted by Gasteiger charge is 2.25. The molecule has 0 bridgehead atoms. The highest BCUT2D eigenvalue weighted by atomic mass is 32.2. The standard InChI is InChI=1S/C19H21N5O5S/c1-20-9-11-30(28,29)18-21-16-15(22(18)2)17(26)23(3)19(27)24(16)10-5-7-13-6-4-8-14(25)12-13/h4,6,8,12,20,25H,9-11H2,1-3H3. The molecule has 10 nitrogen and oxygen atoms in total. The van der Waals surface area contributed by atoms with Gasteiger partial charge in [-0.25, -0.2) is 13.2 Å². The van der Waals surface area contributed by atoms with Crippen molar-refractivity contribution in [3.05, 3.63) is 50.7 Å². The van der Waals surface area contributed by atoms with E-state index in [1.165, 1.54) is 30.8 Å². The molecular weight excluding hydrogens is 410 g/mol. The van der Waals surface area contributed by atoms with Crippen LogP contribution < -0.4 is 16.6 Å². The van der Waals surface area contributed by atoms with E-state index in [2.05, 4.69) is 22.1 Å². The first kappa shape index (κ1) is 21.4. The van der Waals surface area contributed by atoms with E-state index < -0.39 is 21.1 Å². The van der Waals surface area contributed by atoms with Gasteiger partial charge in [0.25, 0.3) is 5.56 Å². The Bertz CT molecular complexity index is 1400. The van der Waals surface area contributed by atoms with Gasteiger partial charge in [0.1, 0.15) is 5.75 Å². The predicted octanol–water partition coefficient (Wildman–Crippen LogP) is -0.816. The molecule has 0 fully saturated rings. The van der Waals surface area contributed by atoms with Crippen LogP contribution in [0.15, 0.2) is 39.0 Å². The zero-order valence-electron chi connectivity index (χ0n) is 16.7. The van der Waals surface area contributed by atoms with E-state index in [1.54, 1.807) is 19.2 Å². The lowest BCUT2D eigenvalue weighted by atomic mass is 10.2. The van der Waals surface area contributed by atoms with Crippen LogP contribution in [0.3, 0.4) is 0 Å². The molecule has 2 aromatic heterocycles. The average molecular weight is 431 g/mol. The van der Waals surface area contributed by atoms with Crippen LogP contribution in [0.5, 0.6) is 5.75 Å². The summed E-state index contributed by atoms with van der Waals surface area (Å²) in [6.07, 6.45) is 0. The molecule has 0 spiro atoms. The van der Waals surface area contributed by atoms with E-state index in [-0.39, 0.29) is 40.9 Å². The Hall–Kier alpha value is -3.36. The minimum absolute atomic E-state index is 0.000659. The van der Waals surface area contributed by atoms with Gasteiger partial charge in [-0.2, -0.15) is 4.98 Å². The Labute approximate surface area is 172 Å². The molecule has 0 amide bonds. The number of aromatic hydroxyl groups is 1. The maximum atomic E-state index is 12.7. The second kappa shape index (κ2) is 8.17. The second-order valence-corrected chi connectivity index (χ2v) is 8.64. The lowest BCUT2D eigenvalue weighted by Gasteiger charge is -2.06. The van der Waals surface area contributed by atoms with Crippen LogP contribution in [-0.4, -0.2) is 51.6 Å². The SMILES string of the molecule is CNCCS(=O)(=O)c1nc2c(c(=O)n(C)c(=O)n2CC#Cc2cccc(O)c2)n1C. The van der Waals surface area contributed by atoms with Gasteiger partial charge in [0.15, 0.2) is 11.2 Å². The molecule has 0 aliphatic carbocycles. The molecule has 2 heterocycles. The molecule has 1 aromatic carbocycles. The Morgan fingerprint density at radius 3 is 2.60 bits per heavy atom. The summed E-state index contributed by atoms with van der Waals surface area (Å²) < 4.78 is 28.5. The van der Waals surface area contributed by atoms with Crippen molar-refractivity contribution in [3.63, 3.8) is 0 Å². The second-order valence-electron chi connectivity index (χ2n) is 6.63. The zero-order valence-corrected chi connectivity index (χ0v) is 17.5. The number of hydrogen-bond donors (Lipinski definition) is 2. The summed E-state index contributed by atoms with van der Waals surface area (Å²) in [6.45, 7) is 0.0951. The van der Waals surface area contributed by atoms with Crippen molar-refractivity contribution < 1.29 is 13.5 Å². The molecule has 0 aliphatic rings. The molecule has 3 rings (SSSR count). The number of aryl methyl sites for hydroxylation is 1. The first-order valence-electron chi connectivity index (χ1n) is 8.99. The third-order valence-electron chi connectivity index (χ3n) is 4.53. The van der Waals surface area contributed by atoms with Crippen LogP contribution in [0.25, 0.3) is 11.2 Å². The minimum Gasteiger partial charge on any atom is -0.508 e. The Kier molecular flexibility index (Phi) is 5.82. The number of fused-ring (bicyclic) bond motifs is 1. The molecule has 30 heavy (non-hydrogen) atoms. The molecule has 0 saturated heterocycles. The zero-order chi connectivity index (χ0) is 22.1. The molecule has 2 N–H and O–H groups in total. The van der Waals surface area contributed by atoms with Crippen molar-refractivity contribution in [2.24, 2.45) is 14.1 Å². The fraction of sp³-hybridized carbons (Fsp3) is 0.316. The number of rotatable bonds is 5. The van der Waals surface area contributed by atoms with Crippen LogP contribution in [0.4, 0.5) is 0 Å². The van der Waals surface area contributed by atoms with E-state index in [4.69, 9.17) is 0 Å². The average Bonchev–Trinajstić information content (AvgIpc) is 3.05. The maximum absolute atomic E-state index is 12.7. The van der Waals surface area contributed by atoms with Crippen LogP contribution >= 0.6 is 0 Å². The van der Waals surface area contributed by atoms with Gasteiger partial charge in [-0.1, -0.05) is 17.9 Å². The summed E-state index contributed by atoms with van der Waals surface area (Å²) in [4.78, 5) is 29.4. The van der Waals surface area contributed by atoms with Gasteiger partial charge in [0.2, 0.25) is 15.0 Å². The van der Waals surface area contributed by atoms with Gasteiger partial charge in [-0.15, -0.1) is 0 Å². The highest BCUT2D eigenvalue weighted by Crippen LogP contribution is 2.15. The third kappa shape index (κ3) is 3.87. The van der Waals surface area contributed by atoms with E-state index in [0.717, 1.165) is 9.13 Å². The quantitative estimate of drug-likeness (QED) is 0.505. The first-order valence-corrected chi connectivity index (χ1v) is 10.6. The molecule has 11 heteroatoms. The monoisotopic (exact) mass is 431 g/mol. The Morgan fingerprint density at radius 1 is 1.20 bits per heavy atom. The molecular formula is C19H21N5O5S. The van der Waals surface area contributed by atoms with Crippen LogP contribution in [0.2, 0.25) is 0 Å². The van der Waals surface area contributed by atoms with Gasteiger partial charge < -0.3 is 15.0 Å². The number of hydrogen-bond acceptors (Lipinski definition) is 7. The van der Waals surface area contributed by atoms with Crippen molar-refractivity contribution in [2.45, 2.75) is 11.7 Å². The van der Waals surface area contributed by atoms with Gasteiger partial charge >= 0.3 is 5.69 Å². The van der Waals surface area contributed by atoms with Crippen LogP contribution in [0.1, 0.15) is 5.56 Å². The lowest BCUT2D eigenvalue weighted by Crippen LogP contribution is -2.38. The topological polar surface area (TPSA) is 128 Å². The maximum Gasteiger partial charge on any atom is 0.333 e. The molecule has 0 atom stereocenters. The number of nitrogens with zero attached hydrogens (tertiary/aromatic N) is 4. The number of aromatic nitrogens is 4. The lowest BCUT2D eigenvalue weighted by molar-refractivity contribution is 0.475. The summed E-state index contributed by atoms with van der Waals surface area (Å²) in [6, 6.07) is 6.31. The van der Waals surface area contributed by atoms with Crippen molar-refractivity contribution in [1.29, 1.82) is 0 Å². The van der Waals surface area contributed by atoms with E-state index in [0.29, 0.717) is 5.56 Å². The van der Waals surface area contributed by atoms with Crippen molar-refractivity contribution in [1.82, 2.24) is 24.0 Å². The third-order valence-corrected chi connectivity index (χ3v) is 6.19. The van der Waals surface area contributed by atoms with Gasteiger partial charge in [-0.05, 0) is 25.2 Å². The number of nitrogens with one attached hydrogen (secondary N) is 1. The van der Waals surface area contributed by atoms with E-state index >= 15 is 0 Å². The Morgan fingerprint density at radius 2 is 1.93 bits per heavy atom. The fourth-order valence-electron chi connectivity index (χ4n) is 2.96. The van der Waals surface area contributed by atoms with Crippen LogP contribution in [-0.2, 0) is 30.5 Å². The van der Waals surface area contributed by atoms with Crippen molar-refractivity contribution in [2.75, 3.05) is 19.3 Å². The summed E-state index contributed by atoms with van der Waals surface area (Å²) in [5.74, 6) is 5.48. The summed E-state index contributed by atoms with van der Waals surface area (Å²) in [5.41, 5.74) is -0.800.